The van der Waals surface area contributed by atoms with E-state index in [1.165, 1.54) is 0 Å². The molecule has 0 radical (unpaired) electrons. The topological polar surface area (TPSA) is 46.3 Å². The summed E-state index contributed by atoms with van der Waals surface area (Å²) < 4.78 is 30.9. The van der Waals surface area contributed by atoms with Crippen molar-refractivity contribution in [2.24, 2.45) is 0 Å². The fourth-order valence-electron chi connectivity index (χ4n) is 1.61. The molecule has 0 amide bonds. The van der Waals surface area contributed by atoms with E-state index in [0.717, 1.165) is 12.1 Å². The number of aromatic hydroxyl groups is 1. The van der Waals surface area contributed by atoms with Crippen LogP contribution in [0.3, 0.4) is 0 Å². The molecule has 2 aromatic rings. The van der Waals surface area contributed by atoms with E-state index in [9.17, 15) is 13.9 Å². The van der Waals surface area contributed by atoms with Gasteiger partial charge in [-0.15, -0.1) is 0 Å². The zero-order valence-corrected chi connectivity index (χ0v) is 8.71. The molecule has 0 aliphatic carbocycles. The van der Waals surface area contributed by atoms with Crippen molar-refractivity contribution >= 4 is 0 Å². The van der Waals surface area contributed by atoms with Gasteiger partial charge in [0, 0.05) is 5.56 Å². The average Bonchev–Trinajstić information content (AvgIpc) is 2.54. The zero-order chi connectivity index (χ0) is 11.9. The number of hydrogen-bond donors (Lipinski definition) is 1. The molecule has 0 bridgehead atoms. The molecule has 1 heterocycles. The van der Waals surface area contributed by atoms with E-state index in [4.69, 9.17) is 4.52 Å². The van der Waals surface area contributed by atoms with Crippen molar-refractivity contribution in [3.8, 4) is 16.9 Å². The van der Waals surface area contributed by atoms with E-state index >= 15 is 0 Å². The fraction of sp³-hybridized carbons (Fsp3) is 0.182. The van der Waals surface area contributed by atoms with Crippen molar-refractivity contribution in [2.75, 3.05) is 0 Å². The van der Waals surface area contributed by atoms with E-state index in [1.54, 1.807) is 13.8 Å². The first-order valence-corrected chi connectivity index (χ1v) is 4.62. The number of halogens is 2. The summed E-state index contributed by atoms with van der Waals surface area (Å²) in [5, 5.41) is 12.9. The van der Waals surface area contributed by atoms with Crippen molar-refractivity contribution in [3.63, 3.8) is 0 Å². The molecule has 0 fully saturated rings. The van der Waals surface area contributed by atoms with Gasteiger partial charge in [-0.25, -0.2) is 4.39 Å². The molecule has 0 atom stereocenters. The number of nitrogens with zero attached hydrogens (tertiary/aromatic N) is 1. The Morgan fingerprint density at radius 3 is 2.44 bits per heavy atom. The Bertz CT molecular complexity index is 506. The first kappa shape index (κ1) is 10.6. The summed E-state index contributed by atoms with van der Waals surface area (Å²) in [5.74, 6) is -2.59. The summed E-state index contributed by atoms with van der Waals surface area (Å²) in [5.41, 5.74) is 1.46. The van der Waals surface area contributed by atoms with Gasteiger partial charge in [0.1, 0.15) is 5.76 Å². The van der Waals surface area contributed by atoms with Gasteiger partial charge < -0.3 is 9.63 Å². The molecule has 0 unspecified atom stereocenters. The minimum atomic E-state index is -1.25. The highest BCUT2D eigenvalue weighted by molar-refractivity contribution is 5.69. The lowest BCUT2D eigenvalue weighted by atomic mass is 10.0. The first-order valence-electron chi connectivity index (χ1n) is 4.62. The molecule has 2 rings (SSSR count). The summed E-state index contributed by atoms with van der Waals surface area (Å²) in [4.78, 5) is 0. The highest BCUT2D eigenvalue weighted by Crippen LogP contribution is 2.31. The van der Waals surface area contributed by atoms with Crippen molar-refractivity contribution in [1.82, 2.24) is 5.16 Å². The minimum absolute atomic E-state index is 0.340. The normalized spacial score (nSPS) is 10.8. The van der Waals surface area contributed by atoms with Gasteiger partial charge in [0.05, 0.1) is 5.69 Å². The molecule has 1 aromatic carbocycles. The second-order valence-electron chi connectivity index (χ2n) is 3.49. The quantitative estimate of drug-likeness (QED) is 0.811. The van der Waals surface area contributed by atoms with E-state index in [-0.39, 0.29) is 0 Å². The van der Waals surface area contributed by atoms with Crippen LogP contribution in [0.1, 0.15) is 11.5 Å². The van der Waals surface area contributed by atoms with E-state index < -0.39 is 17.4 Å². The van der Waals surface area contributed by atoms with Gasteiger partial charge in [-0.2, -0.15) is 4.39 Å². The molecule has 0 spiro atoms. The Kier molecular flexibility index (Phi) is 2.38. The third-order valence-corrected chi connectivity index (χ3v) is 2.33. The molecular formula is C11H9F2NO2. The maximum Gasteiger partial charge on any atom is 0.200 e. The molecule has 84 valence electrons. The largest absolute Gasteiger partial charge is 0.505 e. The smallest absolute Gasteiger partial charge is 0.200 e. The Hall–Kier alpha value is -1.91. The van der Waals surface area contributed by atoms with Crippen LogP contribution >= 0.6 is 0 Å². The number of aromatic nitrogens is 1. The van der Waals surface area contributed by atoms with Crippen LogP contribution in [-0.4, -0.2) is 10.3 Å². The van der Waals surface area contributed by atoms with Crippen LogP contribution in [0.2, 0.25) is 0 Å². The SMILES string of the molecule is Cc1noc(C)c1-c1cc(O)c(F)c(F)c1. The lowest BCUT2D eigenvalue weighted by Crippen LogP contribution is -1.88. The number of phenols is 1. The van der Waals surface area contributed by atoms with Gasteiger partial charge in [-0.1, -0.05) is 5.16 Å². The molecule has 0 aliphatic rings. The summed E-state index contributed by atoms with van der Waals surface area (Å²) in [6.07, 6.45) is 0. The summed E-state index contributed by atoms with van der Waals surface area (Å²) in [6.45, 7) is 3.35. The minimum Gasteiger partial charge on any atom is -0.505 e. The van der Waals surface area contributed by atoms with Gasteiger partial charge in [-0.05, 0) is 31.5 Å². The summed E-state index contributed by atoms with van der Waals surface area (Å²) >= 11 is 0. The van der Waals surface area contributed by atoms with Crippen LogP contribution in [0.4, 0.5) is 8.78 Å². The highest BCUT2D eigenvalue weighted by Gasteiger charge is 2.16. The molecular weight excluding hydrogens is 216 g/mol. The maximum absolute atomic E-state index is 13.1. The van der Waals surface area contributed by atoms with Gasteiger partial charge in [0.2, 0.25) is 0 Å². The third kappa shape index (κ3) is 1.54. The highest BCUT2D eigenvalue weighted by atomic mass is 19.2. The lowest BCUT2D eigenvalue weighted by Gasteiger charge is -2.03. The van der Waals surface area contributed by atoms with Crippen molar-refractivity contribution < 1.29 is 18.4 Å². The Labute approximate surface area is 90.3 Å². The number of benzene rings is 1. The monoisotopic (exact) mass is 225 g/mol. The number of aryl methyl sites for hydroxylation is 2. The van der Waals surface area contributed by atoms with Gasteiger partial charge >= 0.3 is 0 Å². The van der Waals surface area contributed by atoms with Crippen LogP contribution in [0, 0.1) is 25.5 Å². The second-order valence-corrected chi connectivity index (χ2v) is 3.49. The van der Waals surface area contributed by atoms with E-state index in [2.05, 4.69) is 5.16 Å². The van der Waals surface area contributed by atoms with Crippen LogP contribution in [-0.2, 0) is 0 Å². The van der Waals surface area contributed by atoms with Gasteiger partial charge in [0.15, 0.2) is 17.4 Å². The van der Waals surface area contributed by atoms with Crippen LogP contribution in [0.15, 0.2) is 16.7 Å². The number of phenolic OH excluding ortho intramolecular Hbond substituents is 1. The van der Waals surface area contributed by atoms with Gasteiger partial charge in [-0.3, -0.25) is 0 Å². The number of rotatable bonds is 1. The standard InChI is InChI=1S/C11H9F2NO2/c1-5-10(6(2)16-14-5)7-3-8(12)11(13)9(15)4-7/h3-4,15H,1-2H3. The molecule has 0 aliphatic heterocycles. The molecule has 1 N–H and O–H groups in total. The number of hydrogen-bond acceptors (Lipinski definition) is 3. The average molecular weight is 225 g/mol. The third-order valence-electron chi connectivity index (χ3n) is 2.33. The Morgan fingerprint density at radius 1 is 1.25 bits per heavy atom. The van der Waals surface area contributed by atoms with Crippen molar-refractivity contribution in [3.05, 3.63) is 35.2 Å². The van der Waals surface area contributed by atoms with Crippen molar-refractivity contribution in [1.29, 1.82) is 0 Å². The van der Waals surface area contributed by atoms with Gasteiger partial charge in [0.25, 0.3) is 0 Å². The van der Waals surface area contributed by atoms with E-state index in [0.29, 0.717) is 22.6 Å². The molecule has 0 saturated heterocycles. The van der Waals surface area contributed by atoms with Crippen molar-refractivity contribution in [2.45, 2.75) is 13.8 Å². The fourth-order valence-corrected chi connectivity index (χ4v) is 1.61. The molecule has 0 saturated carbocycles. The Morgan fingerprint density at radius 2 is 1.94 bits per heavy atom. The molecule has 3 nitrogen and oxygen atoms in total. The van der Waals surface area contributed by atoms with Crippen LogP contribution in [0.5, 0.6) is 5.75 Å². The van der Waals surface area contributed by atoms with Crippen LogP contribution < -0.4 is 0 Å². The zero-order valence-electron chi connectivity index (χ0n) is 8.71. The molecule has 16 heavy (non-hydrogen) atoms. The molecule has 5 heteroatoms. The summed E-state index contributed by atoms with van der Waals surface area (Å²) in [7, 11) is 0. The first-order chi connectivity index (χ1) is 7.50. The van der Waals surface area contributed by atoms with Crippen LogP contribution in [0.25, 0.3) is 11.1 Å². The summed E-state index contributed by atoms with van der Waals surface area (Å²) in [6, 6.07) is 2.15. The Balaban J connectivity index is 2.66. The second kappa shape index (κ2) is 3.59. The predicted octanol–water partition coefficient (Wildman–Crippen LogP) is 2.94. The lowest BCUT2D eigenvalue weighted by molar-refractivity contribution is 0.393. The predicted molar refractivity (Wildman–Crippen MR) is 53.0 cm³/mol. The maximum atomic E-state index is 13.1. The molecule has 1 aromatic heterocycles. The van der Waals surface area contributed by atoms with E-state index in [1.807, 2.05) is 0 Å².